The van der Waals surface area contributed by atoms with Gasteiger partial charge >= 0.3 is 0 Å². The Bertz CT molecular complexity index is 286. The zero-order valence-corrected chi connectivity index (χ0v) is 7.68. The second kappa shape index (κ2) is 4.33. The number of halogens is 2. The first kappa shape index (κ1) is 10.1. The summed E-state index contributed by atoms with van der Waals surface area (Å²) in [7, 11) is 0. The van der Waals surface area contributed by atoms with Gasteiger partial charge in [0.2, 0.25) is 0 Å². The minimum absolute atomic E-state index is 0.266. The van der Waals surface area contributed by atoms with Crippen LogP contribution < -0.4 is 0 Å². The number of hydrogen-bond donors (Lipinski definition) is 0. The first-order valence-corrected chi connectivity index (χ1v) is 4.21. The molecule has 1 atom stereocenters. The summed E-state index contributed by atoms with van der Waals surface area (Å²) < 4.78 is 31.0. The van der Waals surface area contributed by atoms with Crippen LogP contribution >= 0.6 is 0 Å². The zero-order valence-electron chi connectivity index (χ0n) is 7.68. The van der Waals surface area contributed by atoms with Crippen LogP contribution in [0.1, 0.15) is 25.5 Å². The highest BCUT2D eigenvalue weighted by molar-refractivity contribution is 5.20. The fraction of sp³-hybridized carbons (Fsp3) is 0.400. The maximum Gasteiger partial charge on any atom is 0.129 e. The molecule has 0 spiro atoms. The van der Waals surface area contributed by atoms with Gasteiger partial charge in [0.05, 0.1) is 6.10 Å². The summed E-state index contributed by atoms with van der Waals surface area (Å²) in [4.78, 5) is 0. The molecule has 0 N–H and O–H groups in total. The fourth-order valence-corrected chi connectivity index (χ4v) is 1.17. The summed E-state index contributed by atoms with van der Waals surface area (Å²) in [5.74, 6) is -0.870. The third-order valence-electron chi connectivity index (χ3n) is 1.81. The molecule has 0 aliphatic carbocycles. The summed E-state index contributed by atoms with van der Waals surface area (Å²) in [6.07, 6.45) is -0.402. The molecule has 0 amide bonds. The fourth-order valence-electron chi connectivity index (χ4n) is 1.17. The molecule has 1 rings (SSSR count). The van der Waals surface area contributed by atoms with Crippen molar-refractivity contribution in [2.75, 3.05) is 6.61 Å². The van der Waals surface area contributed by atoms with E-state index < -0.39 is 17.7 Å². The molecule has 1 unspecified atom stereocenters. The lowest BCUT2D eigenvalue weighted by Gasteiger charge is -2.12. The number of ether oxygens (including phenoxy) is 1. The molecule has 0 aliphatic heterocycles. The van der Waals surface area contributed by atoms with Crippen molar-refractivity contribution in [3.05, 3.63) is 35.4 Å². The van der Waals surface area contributed by atoms with E-state index in [0.717, 1.165) is 18.2 Å². The zero-order chi connectivity index (χ0) is 9.84. The van der Waals surface area contributed by atoms with Crippen LogP contribution in [-0.4, -0.2) is 6.61 Å². The average molecular weight is 186 g/mol. The summed E-state index contributed by atoms with van der Waals surface area (Å²) in [6.45, 7) is 3.99. The van der Waals surface area contributed by atoms with Gasteiger partial charge in [0.15, 0.2) is 0 Å². The van der Waals surface area contributed by atoms with Crippen LogP contribution in [0.25, 0.3) is 0 Å². The molecule has 3 heteroatoms. The monoisotopic (exact) mass is 186 g/mol. The Hall–Kier alpha value is -0.960. The molecule has 0 saturated carbocycles. The van der Waals surface area contributed by atoms with Crippen LogP contribution in [0.15, 0.2) is 18.2 Å². The molecule has 1 aromatic rings. The molecule has 0 saturated heterocycles. The van der Waals surface area contributed by atoms with E-state index in [1.54, 1.807) is 6.92 Å². The Morgan fingerprint density at radius 3 is 2.69 bits per heavy atom. The highest BCUT2D eigenvalue weighted by Gasteiger charge is 2.11. The van der Waals surface area contributed by atoms with Crippen molar-refractivity contribution in [1.29, 1.82) is 0 Å². The van der Waals surface area contributed by atoms with Crippen molar-refractivity contribution in [2.45, 2.75) is 20.0 Å². The average Bonchev–Trinajstić information content (AvgIpc) is 2.09. The van der Waals surface area contributed by atoms with E-state index in [4.69, 9.17) is 4.74 Å². The van der Waals surface area contributed by atoms with Gasteiger partial charge in [-0.25, -0.2) is 8.78 Å². The molecule has 1 aromatic carbocycles. The van der Waals surface area contributed by atoms with Crippen molar-refractivity contribution in [1.82, 2.24) is 0 Å². The van der Waals surface area contributed by atoms with Gasteiger partial charge in [0.1, 0.15) is 11.6 Å². The number of benzene rings is 1. The van der Waals surface area contributed by atoms with E-state index in [1.165, 1.54) is 0 Å². The summed E-state index contributed by atoms with van der Waals surface area (Å²) in [5.41, 5.74) is 0.266. The third kappa shape index (κ3) is 2.49. The Morgan fingerprint density at radius 1 is 1.38 bits per heavy atom. The Morgan fingerprint density at radius 2 is 2.08 bits per heavy atom. The maximum absolute atomic E-state index is 13.1. The predicted molar refractivity (Wildman–Crippen MR) is 46.4 cm³/mol. The van der Waals surface area contributed by atoms with Crippen LogP contribution in [0.4, 0.5) is 8.78 Å². The molecule has 0 aliphatic rings. The topological polar surface area (TPSA) is 9.23 Å². The molecular weight excluding hydrogens is 174 g/mol. The molecule has 72 valence electrons. The lowest BCUT2D eigenvalue weighted by molar-refractivity contribution is 0.0735. The molecule has 0 bridgehead atoms. The van der Waals surface area contributed by atoms with Gasteiger partial charge in [0.25, 0.3) is 0 Å². The van der Waals surface area contributed by atoms with Gasteiger partial charge in [-0.3, -0.25) is 0 Å². The smallest absolute Gasteiger partial charge is 0.129 e. The molecule has 0 fully saturated rings. The summed E-state index contributed by atoms with van der Waals surface area (Å²) in [5, 5.41) is 0. The van der Waals surface area contributed by atoms with Crippen LogP contribution in [0, 0.1) is 11.6 Å². The van der Waals surface area contributed by atoms with E-state index in [2.05, 4.69) is 0 Å². The normalized spacial score (nSPS) is 12.9. The number of hydrogen-bond acceptors (Lipinski definition) is 1. The largest absolute Gasteiger partial charge is 0.374 e. The van der Waals surface area contributed by atoms with Crippen molar-refractivity contribution in [2.24, 2.45) is 0 Å². The van der Waals surface area contributed by atoms with Crippen molar-refractivity contribution < 1.29 is 13.5 Å². The van der Waals surface area contributed by atoms with E-state index in [1.807, 2.05) is 6.92 Å². The van der Waals surface area contributed by atoms with Gasteiger partial charge in [-0.1, -0.05) is 0 Å². The van der Waals surface area contributed by atoms with E-state index in [9.17, 15) is 8.78 Å². The molecular formula is C10H12F2O. The van der Waals surface area contributed by atoms with Gasteiger partial charge in [-0.15, -0.1) is 0 Å². The summed E-state index contributed by atoms with van der Waals surface area (Å²) in [6, 6.07) is 3.37. The van der Waals surface area contributed by atoms with Gasteiger partial charge in [-0.2, -0.15) is 0 Å². The minimum Gasteiger partial charge on any atom is -0.374 e. The second-order valence-electron chi connectivity index (χ2n) is 2.76. The first-order valence-electron chi connectivity index (χ1n) is 4.21. The van der Waals surface area contributed by atoms with Crippen molar-refractivity contribution in [3.8, 4) is 0 Å². The van der Waals surface area contributed by atoms with E-state index in [0.29, 0.717) is 6.61 Å². The Balaban J connectivity index is 2.91. The SMILES string of the molecule is CCOC(C)c1cc(F)ccc1F. The van der Waals surface area contributed by atoms with E-state index in [-0.39, 0.29) is 5.56 Å². The predicted octanol–water partition coefficient (Wildman–Crippen LogP) is 3.06. The molecule has 0 heterocycles. The Labute approximate surface area is 76.3 Å². The van der Waals surface area contributed by atoms with Crippen molar-refractivity contribution in [3.63, 3.8) is 0 Å². The first-order chi connectivity index (χ1) is 6.15. The van der Waals surface area contributed by atoms with Crippen LogP contribution in [0.2, 0.25) is 0 Å². The highest BCUT2D eigenvalue weighted by Crippen LogP contribution is 2.20. The molecule has 13 heavy (non-hydrogen) atoms. The second-order valence-corrected chi connectivity index (χ2v) is 2.76. The maximum atomic E-state index is 13.1. The van der Waals surface area contributed by atoms with Crippen molar-refractivity contribution >= 4 is 0 Å². The third-order valence-corrected chi connectivity index (χ3v) is 1.81. The lowest BCUT2D eigenvalue weighted by atomic mass is 10.1. The van der Waals surface area contributed by atoms with Crippen LogP contribution in [0.5, 0.6) is 0 Å². The summed E-state index contributed by atoms with van der Waals surface area (Å²) >= 11 is 0. The highest BCUT2D eigenvalue weighted by atomic mass is 19.1. The van der Waals surface area contributed by atoms with Gasteiger partial charge in [-0.05, 0) is 32.0 Å². The Kier molecular flexibility index (Phi) is 3.37. The van der Waals surface area contributed by atoms with E-state index >= 15 is 0 Å². The molecule has 1 nitrogen and oxygen atoms in total. The van der Waals surface area contributed by atoms with Gasteiger partial charge in [0, 0.05) is 12.2 Å². The van der Waals surface area contributed by atoms with Crippen LogP contribution in [-0.2, 0) is 4.74 Å². The van der Waals surface area contributed by atoms with Crippen LogP contribution in [0.3, 0.4) is 0 Å². The molecule has 0 radical (unpaired) electrons. The molecule has 0 aromatic heterocycles. The van der Waals surface area contributed by atoms with Gasteiger partial charge < -0.3 is 4.74 Å². The minimum atomic E-state index is -0.442. The quantitative estimate of drug-likeness (QED) is 0.704. The standard InChI is InChI=1S/C10H12F2O/c1-3-13-7(2)9-6-8(11)4-5-10(9)12/h4-7H,3H2,1-2H3. The number of rotatable bonds is 3. The lowest BCUT2D eigenvalue weighted by Crippen LogP contribution is -2.02.